The molecule has 0 radical (unpaired) electrons. The van der Waals surface area contributed by atoms with Gasteiger partial charge >= 0.3 is 5.97 Å². The molecule has 0 aliphatic heterocycles. The van der Waals surface area contributed by atoms with Crippen molar-refractivity contribution in [1.29, 1.82) is 5.26 Å². The highest BCUT2D eigenvalue weighted by atomic mass is 16.5. The highest BCUT2D eigenvalue weighted by molar-refractivity contribution is 5.90. The lowest BCUT2D eigenvalue weighted by molar-refractivity contribution is 0.0598. The summed E-state index contributed by atoms with van der Waals surface area (Å²) in [6.07, 6.45) is 0. The van der Waals surface area contributed by atoms with Gasteiger partial charge in [0.15, 0.2) is 0 Å². The average molecular weight is 260 g/mol. The topological polar surface area (TPSA) is 53.3 Å². The summed E-state index contributed by atoms with van der Waals surface area (Å²) in [5.41, 5.74) is 1.52. The van der Waals surface area contributed by atoms with E-state index in [1.54, 1.807) is 6.07 Å². The molecule has 0 N–H and O–H groups in total. The van der Waals surface area contributed by atoms with Gasteiger partial charge in [0, 0.05) is 13.1 Å². The zero-order valence-corrected chi connectivity index (χ0v) is 11.7. The number of methoxy groups -OCH3 is 1. The van der Waals surface area contributed by atoms with Crippen LogP contribution in [-0.2, 0) is 11.3 Å². The molecule has 102 valence electrons. The Labute approximate surface area is 114 Å². The number of hydrogen-bond acceptors (Lipinski definition) is 4. The second-order valence-electron chi connectivity index (χ2n) is 4.51. The molecule has 1 aromatic carbocycles. The second kappa shape index (κ2) is 7.55. The van der Waals surface area contributed by atoms with Crippen LogP contribution >= 0.6 is 0 Å². The van der Waals surface area contributed by atoms with Gasteiger partial charge in [0.25, 0.3) is 0 Å². The SMILES string of the molecule is CCN(Cc1ccccc1C(=O)OC)CC(C)C#N. The Morgan fingerprint density at radius 2 is 2.16 bits per heavy atom. The summed E-state index contributed by atoms with van der Waals surface area (Å²) in [4.78, 5) is 13.8. The summed E-state index contributed by atoms with van der Waals surface area (Å²) in [5, 5.41) is 8.88. The van der Waals surface area contributed by atoms with Gasteiger partial charge in [-0.3, -0.25) is 4.90 Å². The molecule has 0 saturated heterocycles. The number of carbonyl (C=O) groups is 1. The third-order valence-electron chi connectivity index (χ3n) is 3.02. The van der Waals surface area contributed by atoms with Gasteiger partial charge in [0.2, 0.25) is 0 Å². The van der Waals surface area contributed by atoms with Gasteiger partial charge in [-0.05, 0) is 25.1 Å². The molecule has 0 spiro atoms. The van der Waals surface area contributed by atoms with Crippen molar-refractivity contribution in [2.75, 3.05) is 20.2 Å². The maximum Gasteiger partial charge on any atom is 0.338 e. The van der Waals surface area contributed by atoms with Crippen LogP contribution in [0.5, 0.6) is 0 Å². The fourth-order valence-corrected chi connectivity index (χ4v) is 1.94. The molecule has 0 bridgehead atoms. The minimum Gasteiger partial charge on any atom is -0.465 e. The predicted octanol–water partition coefficient (Wildman–Crippen LogP) is 2.45. The van der Waals surface area contributed by atoms with Crippen molar-refractivity contribution >= 4 is 5.97 Å². The van der Waals surface area contributed by atoms with Crippen LogP contribution in [0, 0.1) is 17.2 Å². The van der Waals surface area contributed by atoms with Crippen LogP contribution in [0.2, 0.25) is 0 Å². The normalized spacial score (nSPS) is 11.9. The van der Waals surface area contributed by atoms with E-state index in [-0.39, 0.29) is 11.9 Å². The molecule has 1 unspecified atom stereocenters. The van der Waals surface area contributed by atoms with E-state index in [1.165, 1.54) is 7.11 Å². The van der Waals surface area contributed by atoms with Crippen molar-refractivity contribution in [3.8, 4) is 6.07 Å². The quantitative estimate of drug-likeness (QED) is 0.737. The minimum atomic E-state index is -0.319. The van der Waals surface area contributed by atoms with Gasteiger partial charge < -0.3 is 4.74 Å². The van der Waals surface area contributed by atoms with Gasteiger partial charge in [0.05, 0.1) is 24.7 Å². The molecule has 1 rings (SSSR count). The molecule has 1 atom stereocenters. The van der Waals surface area contributed by atoms with E-state index in [9.17, 15) is 4.79 Å². The molecule has 0 amide bonds. The van der Waals surface area contributed by atoms with Gasteiger partial charge in [-0.2, -0.15) is 5.26 Å². The summed E-state index contributed by atoms with van der Waals surface area (Å²) in [6.45, 7) is 6.12. The Morgan fingerprint density at radius 3 is 2.74 bits per heavy atom. The first kappa shape index (κ1) is 15.2. The molecule has 19 heavy (non-hydrogen) atoms. The van der Waals surface area contributed by atoms with E-state index in [0.29, 0.717) is 18.7 Å². The monoisotopic (exact) mass is 260 g/mol. The molecule has 0 aromatic heterocycles. The van der Waals surface area contributed by atoms with Gasteiger partial charge in [-0.25, -0.2) is 4.79 Å². The maximum atomic E-state index is 11.7. The van der Waals surface area contributed by atoms with Crippen LogP contribution in [-0.4, -0.2) is 31.1 Å². The Hall–Kier alpha value is -1.86. The van der Waals surface area contributed by atoms with E-state index >= 15 is 0 Å². The second-order valence-corrected chi connectivity index (χ2v) is 4.51. The first-order valence-electron chi connectivity index (χ1n) is 6.40. The van der Waals surface area contributed by atoms with E-state index in [1.807, 2.05) is 32.0 Å². The first-order chi connectivity index (χ1) is 9.12. The molecule has 0 aliphatic rings. The Balaban J connectivity index is 2.85. The number of nitrogens with zero attached hydrogens (tertiary/aromatic N) is 2. The van der Waals surface area contributed by atoms with E-state index in [2.05, 4.69) is 11.0 Å². The molecule has 4 nitrogen and oxygen atoms in total. The third kappa shape index (κ3) is 4.38. The molecular formula is C15H20N2O2. The number of hydrogen-bond donors (Lipinski definition) is 0. The Bertz CT molecular complexity index is 465. The smallest absolute Gasteiger partial charge is 0.338 e. The Morgan fingerprint density at radius 1 is 1.47 bits per heavy atom. The van der Waals surface area contributed by atoms with Crippen LogP contribution in [0.4, 0.5) is 0 Å². The average Bonchev–Trinajstić information content (AvgIpc) is 2.45. The zero-order valence-electron chi connectivity index (χ0n) is 11.7. The lowest BCUT2D eigenvalue weighted by Gasteiger charge is -2.22. The summed E-state index contributed by atoms with van der Waals surface area (Å²) < 4.78 is 4.78. The van der Waals surface area contributed by atoms with E-state index in [4.69, 9.17) is 10.00 Å². The van der Waals surface area contributed by atoms with Crippen molar-refractivity contribution in [2.45, 2.75) is 20.4 Å². The molecule has 0 heterocycles. The highest BCUT2D eigenvalue weighted by Crippen LogP contribution is 2.14. The van der Waals surface area contributed by atoms with Crippen molar-refractivity contribution < 1.29 is 9.53 Å². The van der Waals surface area contributed by atoms with E-state index in [0.717, 1.165) is 12.1 Å². The fraction of sp³-hybridized carbons (Fsp3) is 0.467. The lowest BCUT2D eigenvalue weighted by atomic mass is 10.1. The highest BCUT2D eigenvalue weighted by Gasteiger charge is 2.14. The minimum absolute atomic E-state index is 0.0229. The van der Waals surface area contributed by atoms with Crippen molar-refractivity contribution in [1.82, 2.24) is 4.90 Å². The summed E-state index contributed by atoms with van der Waals surface area (Å²) in [6, 6.07) is 9.65. The predicted molar refractivity (Wildman–Crippen MR) is 73.5 cm³/mol. The number of rotatable bonds is 6. The molecule has 0 fully saturated rings. The summed E-state index contributed by atoms with van der Waals surface area (Å²) in [7, 11) is 1.38. The van der Waals surface area contributed by atoms with Crippen LogP contribution in [0.1, 0.15) is 29.8 Å². The number of esters is 1. The maximum absolute atomic E-state index is 11.7. The molecule has 4 heteroatoms. The molecule has 0 saturated carbocycles. The zero-order chi connectivity index (χ0) is 14.3. The number of carbonyl (C=O) groups excluding carboxylic acids is 1. The lowest BCUT2D eigenvalue weighted by Crippen LogP contribution is -2.28. The third-order valence-corrected chi connectivity index (χ3v) is 3.02. The van der Waals surface area contributed by atoms with Gasteiger partial charge in [0.1, 0.15) is 0 Å². The fourth-order valence-electron chi connectivity index (χ4n) is 1.94. The van der Waals surface area contributed by atoms with E-state index < -0.39 is 0 Å². The van der Waals surface area contributed by atoms with Crippen molar-refractivity contribution in [3.05, 3.63) is 35.4 Å². The van der Waals surface area contributed by atoms with Crippen molar-refractivity contribution in [2.24, 2.45) is 5.92 Å². The molecule has 1 aromatic rings. The number of ether oxygens (including phenoxy) is 1. The van der Waals surface area contributed by atoms with Gasteiger partial charge in [-0.1, -0.05) is 25.1 Å². The van der Waals surface area contributed by atoms with Crippen LogP contribution < -0.4 is 0 Å². The van der Waals surface area contributed by atoms with Gasteiger partial charge in [-0.15, -0.1) is 0 Å². The molecular weight excluding hydrogens is 240 g/mol. The number of benzene rings is 1. The number of nitriles is 1. The summed E-state index contributed by atoms with van der Waals surface area (Å²) >= 11 is 0. The first-order valence-corrected chi connectivity index (χ1v) is 6.40. The molecule has 0 aliphatic carbocycles. The largest absolute Gasteiger partial charge is 0.465 e. The van der Waals surface area contributed by atoms with Crippen molar-refractivity contribution in [3.63, 3.8) is 0 Å². The standard InChI is InChI=1S/C15H20N2O2/c1-4-17(10-12(2)9-16)11-13-7-5-6-8-14(13)15(18)19-3/h5-8,12H,4,10-11H2,1-3H3. The Kier molecular flexibility index (Phi) is 6.04. The van der Waals surface area contributed by atoms with Crippen LogP contribution in [0.15, 0.2) is 24.3 Å². The van der Waals surface area contributed by atoms with Crippen LogP contribution in [0.3, 0.4) is 0 Å². The summed E-state index contributed by atoms with van der Waals surface area (Å²) in [5.74, 6) is -0.342. The van der Waals surface area contributed by atoms with Crippen LogP contribution in [0.25, 0.3) is 0 Å².